The van der Waals surface area contributed by atoms with Crippen LogP contribution in [0.2, 0.25) is 0 Å². The molecule has 0 radical (unpaired) electrons. The molecule has 0 aromatic carbocycles. The molecule has 0 fully saturated rings. The Hall–Kier alpha value is -1.62. The van der Waals surface area contributed by atoms with Crippen molar-refractivity contribution in [2.24, 2.45) is 0 Å². The summed E-state index contributed by atoms with van der Waals surface area (Å²) in [5.41, 5.74) is 6.34. The molecule has 0 saturated heterocycles. The zero-order valence-corrected chi connectivity index (χ0v) is 7.15. The quantitative estimate of drug-likeness (QED) is 0.626. The second-order valence-electron chi connectivity index (χ2n) is 2.43. The van der Waals surface area contributed by atoms with E-state index in [1.807, 2.05) is 0 Å². The fourth-order valence-corrected chi connectivity index (χ4v) is 0.881. The standard InChI is InChI=1S/C8H10N2O3/c1-13-8(12)7-6(9)2-5(4-11)3-10-7/h2-3,11H,4,9H2,1H3. The largest absolute Gasteiger partial charge is 0.464 e. The summed E-state index contributed by atoms with van der Waals surface area (Å²) in [5.74, 6) is -0.581. The first-order chi connectivity index (χ1) is 6.19. The van der Waals surface area contributed by atoms with E-state index in [4.69, 9.17) is 10.8 Å². The minimum absolute atomic E-state index is 0.0692. The van der Waals surface area contributed by atoms with E-state index in [1.54, 1.807) is 0 Å². The number of nitrogens with two attached hydrogens (primary N) is 1. The normalized spacial score (nSPS) is 9.69. The number of methoxy groups -OCH3 is 1. The number of nitrogens with zero attached hydrogens (tertiary/aromatic N) is 1. The van der Waals surface area contributed by atoms with Crippen LogP contribution in [0.5, 0.6) is 0 Å². The van der Waals surface area contributed by atoms with Gasteiger partial charge in [0.1, 0.15) is 0 Å². The van der Waals surface area contributed by atoms with E-state index in [-0.39, 0.29) is 18.0 Å². The summed E-state index contributed by atoms with van der Waals surface area (Å²) in [7, 11) is 1.25. The molecule has 0 amide bonds. The molecule has 1 heterocycles. The SMILES string of the molecule is COC(=O)c1ncc(CO)cc1N. The molecule has 1 rings (SSSR count). The first kappa shape index (κ1) is 9.47. The highest BCUT2D eigenvalue weighted by Gasteiger charge is 2.11. The fraction of sp³-hybridized carbons (Fsp3) is 0.250. The first-order valence-corrected chi connectivity index (χ1v) is 3.62. The average molecular weight is 182 g/mol. The van der Waals surface area contributed by atoms with Gasteiger partial charge in [-0.15, -0.1) is 0 Å². The minimum atomic E-state index is -0.581. The van der Waals surface area contributed by atoms with Crippen molar-refractivity contribution in [3.63, 3.8) is 0 Å². The number of carbonyl (C=O) groups excluding carboxylic acids is 1. The lowest BCUT2D eigenvalue weighted by Gasteiger charge is -2.03. The van der Waals surface area contributed by atoms with Crippen LogP contribution >= 0.6 is 0 Å². The summed E-state index contributed by atoms with van der Waals surface area (Å²) in [6, 6.07) is 1.49. The van der Waals surface area contributed by atoms with Gasteiger partial charge in [0.05, 0.1) is 19.4 Å². The van der Waals surface area contributed by atoms with E-state index < -0.39 is 5.97 Å². The second kappa shape index (κ2) is 3.86. The molecule has 0 atom stereocenters. The van der Waals surface area contributed by atoms with Gasteiger partial charge in [0.25, 0.3) is 0 Å². The molecule has 1 aromatic heterocycles. The highest BCUT2D eigenvalue weighted by Crippen LogP contribution is 2.11. The summed E-state index contributed by atoms with van der Waals surface area (Å²) in [5, 5.41) is 8.74. The summed E-state index contributed by atoms with van der Waals surface area (Å²) in [4.78, 5) is 14.8. The topological polar surface area (TPSA) is 85.4 Å². The predicted molar refractivity (Wildman–Crippen MR) is 45.9 cm³/mol. The van der Waals surface area contributed by atoms with Crippen molar-refractivity contribution in [3.8, 4) is 0 Å². The van der Waals surface area contributed by atoms with E-state index in [1.165, 1.54) is 19.4 Å². The zero-order chi connectivity index (χ0) is 9.84. The Morgan fingerprint density at radius 3 is 2.92 bits per heavy atom. The van der Waals surface area contributed by atoms with Crippen molar-refractivity contribution in [2.75, 3.05) is 12.8 Å². The maximum atomic E-state index is 11.0. The van der Waals surface area contributed by atoms with E-state index in [9.17, 15) is 4.79 Å². The maximum Gasteiger partial charge on any atom is 0.358 e. The van der Waals surface area contributed by atoms with Crippen LogP contribution in [-0.2, 0) is 11.3 Å². The van der Waals surface area contributed by atoms with Crippen molar-refractivity contribution >= 4 is 11.7 Å². The fourth-order valence-electron chi connectivity index (χ4n) is 0.881. The Kier molecular flexibility index (Phi) is 2.81. The lowest BCUT2D eigenvalue weighted by Crippen LogP contribution is -2.08. The van der Waals surface area contributed by atoms with Crippen molar-refractivity contribution in [2.45, 2.75) is 6.61 Å². The third-order valence-electron chi connectivity index (χ3n) is 1.54. The Bertz CT molecular complexity index is 325. The highest BCUT2D eigenvalue weighted by molar-refractivity contribution is 5.92. The number of rotatable bonds is 2. The highest BCUT2D eigenvalue weighted by atomic mass is 16.5. The molecule has 0 aliphatic heterocycles. The Morgan fingerprint density at radius 1 is 1.77 bits per heavy atom. The Morgan fingerprint density at radius 2 is 2.46 bits per heavy atom. The molecular weight excluding hydrogens is 172 g/mol. The molecule has 3 N–H and O–H groups in total. The van der Waals surface area contributed by atoms with Crippen LogP contribution in [-0.4, -0.2) is 23.2 Å². The number of aliphatic hydroxyl groups is 1. The van der Waals surface area contributed by atoms with Crippen LogP contribution in [0.15, 0.2) is 12.3 Å². The van der Waals surface area contributed by atoms with Crippen molar-refractivity contribution < 1.29 is 14.6 Å². The molecule has 0 aliphatic carbocycles. The number of carbonyl (C=O) groups is 1. The number of hydrogen-bond donors (Lipinski definition) is 2. The third kappa shape index (κ3) is 1.94. The number of ether oxygens (including phenoxy) is 1. The number of esters is 1. The van der Waals surface area contributed by atoms with Gasteiger partial charge in [0, 0.05) is 6.20 Å². The average Bonchev–Trinajstić information content (AvgIpc) is 2.16. The molecule has 0 bridgehead atoms. The number of aromatic nitrogens is 1. The second-order valence-corrected chi connectivity index (χ2v) is 2.43. The van der Waals surface area contributed by atoms with Gasteiger partial charge < -0.3 is 15.6 Å². The van der Waals surface area contributed by atoms with Gasteiger partial charge in [-0.25, -0.2) is 9.78 Å². The molecule has 0 aliphatic rings. The van der Waals surface area contributed by atoms with Crippen LogP contribution in [0, 0.1) is 0 Å². The van der Waals surface area contributed by atoms with Gasteiger partial charge >= 0.3 is 5.97 Å². The summed E-state index contributed by atoms with van der Waals surface area (Å²) < 4.78 is 4.45. The molecule has 13 heavy (non-hydrogen) atoms. The van der Waals surface area contributed by atoms with Crippen LogP contribution in [0.4, 0.5) is 5.69 Å². The predicted octanol–water partition coefficient (Wildman–Crippen LogP) is -0.0573. The molecule has 0 saturated carbocycles. The monoisotopic (exact) mass is 182 g/mol. The lowest BCUT2D eigenvalue weighted by molar-refractivity contribution is 0.0595. The van der Waals surface area contributed by atoms with Crippen molar-refractivity contribution in [1.29, 1.82) is 0 Å². The molecule has 1 aromatic rings. The molecule has 0 unspecified atom stereocenters. The van der Waals surface area contributed by atoms with Gasteiger partial charge in [-0.3, -0.25) is 0 Å². The van der Waals surface area contributed by atoms with E-state index >= 15 is 0 Å². The molecule has 0 spiro atoms. The first-order valence-electron chi connectivity index (χ1n) is 3.62. The van der Waals surface area contributed by atoms with Gasteiger partial charge in [-0.2, -0.15) is 0 Å². The van der Waals surface area contributed by atoms with E-state index in [0.29, 0.717) is 5.56 Å². The molecule has 70 valence electrons. The van der Waals surface area contributed by atoms with Gasteiger partial charge in [-0.05, 0) is 11.6 Å². The summed E-state index contributed by atoms with van der Waals surface area (Å²) in [6.45, 7) is -0.154. The zero-order valence-electron chi connectivity index (χ0n) is 7.15. The molecular formula is C8H10N2O3. The maximum absolute atomic E-state index is 11.0. The van der Waals surface area contributed by atoms with E-state index in [0.717, 1.165) is 0 Å². The van der Waals surface area contributed by atoms with Gasteiger partial charge in [0.15, 0.2) is 5.69 Å². The van der Waals surface area contributed by atoms with Gasteiger partial charge in [-0.1, -0.05) is 0 Å². The summed E-state index contributed by atoms with van der Waals surface area (Å²) in [6.07, 6.45) is 1.38. The Balaban J connectivity index is 3.05. The third-order valence-corrected chi connectivity index (χ3v) is 1.54. The minimum Gasteiger partial charge on any atom is -0.464 e. The van der Waals surface area contributed by atoms with E-state index in [2.05, 4.69) is 9.72 Å². The van der Waals surface area contributed by atoms with Crippen LogP contribution in [0.3, 0.4) is 0 Å². The lowest BCUT2D eigenvalue weighted by atomic mass is 10.2. The number of anilines is 1. The van der Waals surface area contributed by atoms with Crippen LogP contribution in [0.25, 0.3) is 0 Å². The van der Waals surface area contributed by atoms with Crippen molar-refractivity contribution in [3.05, 3.63) is 23.5 Å². The van der Waals surface area contributed by atoms with Crippen molar-refractivity contribution in [1.82, 2.24) is 4.98 Å². The number of pyridine rings is 1. The molecule has 5 nitrogen and oxygen atoms in total. The molecule has 5 heteroatoms. The van der Waals surface area contributed by atoms with Gasteiger partial charge in [0.2, 0.25) is 0 Å². The summed E-state index contributed by atoms with van der Waals surface area (Å²) >= 11 is 0. The Labute approximate surface area is 75.2 Å². The number of aliphatic hydroxyl groups excluding tert-OH is 1. The number of nitrogen functional groups attached to an aromatic ring is 1. The van der Waals surface area contributed by atoms with Crippen LogP contribution in [0.1, 0.15) is 16.1 Å². The van der Waals surface area contributed by atoms with Crippen LogP contribution < -0.4 is 5.73 Å². The smallest absolute Gasteiger partial charge is 0.358 e. The number of hydrogen-bond acceptors (Lipinski definition) is 5.